The summed E-state index contributed by atoms with van der Waals surface area (Å²) in [6, 6.07) is 3.91. The minimum absolute atomic E-state index is 0.538. The lowest BCUT2D eigenvalue weighted by Crippen LogP contribution is -2.52. The molecule has 1 unspecified atom stereocenters. The minimum Gasteiger partial charge on any atom is -0.414 e. The Morgan fingerprint density at radius 2 is 1.30 bits per heavy atom. The predicted molar refractivity (Wildman–Crippen MR) is 88.3 cm³/mol. The van der Waals surface area contributed by atoms with Crippen LogP contribution in [0.1, 0.15) is 59.8 Å². The molecule has 0 aromatic heterocycles. The average Bonchev–Trinajstić information content (AvgIpc) is 2.44. The van der Waals surface area contributed by atoms with Crippen molar-refractivity contribution in [1.82, 2.24) is 0 Å². The van der Waals surface area contributed by atoms with E-state index in [0.717, 1.165) is 29.6 Å². The third-order valence-corrected chi connectivity index (χ3v) is 11.9. The second-order valence-corrected chi connectivity index (χ2v) is 12.8. The molecule has 4 aliphatic carbocycles. The van der Waals surface area contributed by atoms with E-state index in [4.69, 9.17) is 4.43 Å². The molecule has 0 radical (unpaired) electrons. The Morgan fingerprint density at radius 3 is 1.70 bits per heavy atom. The molecule has 20 heavy (non-hydrogen) atoms. The van der Waals surface area contributed by atoms with Crippen LogP contribution in [-0.4, -0.2) is 14.4 Å². The molecule has 0 aromatic carbocycles. The van der Waals surface area contributed by atoms with Gasteiger partial charge in [0, 0.05) is 6.10 Å². The zero-order valence-corrected chi connectivity index (χ0v) is 15.0. The lowest BCUT2D eigenvalue weighted by atomic mass is 9.51. The van der Waals surface area contributed by atoms with Gasteiger partial charge in [-0.05, 0) is 86.7 Å². The highest BCUT2D eigenvalue weighted by Gasteiger charge is 2.50. The molecule has 1 atom stereocenters. The van der Waals surface area contributed by atoms with Crippen LogP contribution >= 0.6 is 0 Å². The van der Waals surface area contributed by atoms with Crippen LogP contribution < -0.4 is 0 Å². The first kappa shape index (κ1) is 15.1. The Morgan fingerprint density at radius 1 is 0.850 bits per heavy atom. The second-order valence-electron chi connectivity index (χ2n) is 8.07. The summed E-state index contributed by atoms with van der Waals surface area (Å²) in [6.07, 6.45) is 8.23. The molecule has 0 heterocycles. The van der Waals surface area contributed by atoms with Crippen LogP contribution in [0.25, 0.3) is 0 Å². The van der Waals surface area contributed by atoms with Gasteiger partial charge in [-0.1, -0.05) is 20.8 Å². The summed E-state index contributed by atoms with van der Waals surface area (Å²) < 4.78 is 6.85. The summed E-state index contributed by atoms with van der Waals surface area (Å²) in [7, 11) is -1.42. The van der Waals surface area contributed by atoms with Gasteiger partial charge in [-0.2, -0.15) is 0 Å². The van der Waals surface area contributed by atoms with Crippen molar-refractivity contribution in [3.63, 3.8) is 0 Å². The van der Waals surface area contributed by atoms with Gasteiger partial charge in [-0.25, -0.2) is 0 Å². The third-order valence-electron chi connectivity index (χ3n) is 7.21. The zero-order valence-electron chi connectivity index (χ0n) is 14.0. The first-order valence-electron chi connectivity index (χ1n) is 9.28. The van der Waals surface area contributed by atoms with Gasteiger partial charge in [0.15, 0.2) is 8.32 Å². The van der Waals surface area contributed by atoms with Gasteiger partial charge in [-0.3, -0.25) is 0 Å². The highest BCUT2D eigenvalue weighted by atomic mass is 28.4. The van der Waals surface area contributed by atoms with Gasteiger partial charge >= 0.3 is 0 Å². The van der Waals surface area contributed by atoms with Crippen molar-refractivity contribution in [2.75, 3.05) is 0 Å². The molecule has 4 fully saturated rings. The van der Waals surface area contributed by atoms with E-state index in [0.29, 0.717) is 6.10 Å². The number of rotatable bonds is 6. The predicted octanol–water partition coefficient (Wildman–Crippen LogP) is 5.47. The van der Waals surface area contributed by atoms with Crippen LogP contribution in [0.15, 0.2) is 0 Å². The number of hydrogen-bond acceptors (Lipinski definition) is 1. The Hall–Kier alpha value is 0.177. The quantitative estimate of drug-likeness (QED) is 0.590. The van der Waals surface area contributed by atoms with Crippen molar-refractivity contribution in [3.8, 4) is 0 Å². The summed E-state index contributed by atoms with van der Waals surface area (Å²) in [6.45, 7) is 9.52. The normalized spacial score (nSPS) is 41.1. The Bertz CT molecular complexity index is 300. The molecule has 1 nitrogen and oxygen atoms in total. The fourth-order valence-corrected chi connectivity index (χ4v) is 9.15. The first-order chi connectivity index (χ1) is 9.60. The molecule has 0 N–H and O–H groups in total. The second kappa shape index (κ2) is 5.76. The van der Waals surface area contributed by atoms with E-state index in [-0.39, 0.29) is 0 Å². The first-order valence-corrected chi connectivity index (χ1v) is 11.8. The van der Waals surface area contributed by atoms with E-state index in [1.54, 1.807) is 6.42 Å². The Kier molecular flexibility index (Phi) is 4.34. The Balaban J connectivity index is 1.69. The SMILES string of the molecule is CC[Si](CC)(CC)OC(C)C1C2CC3CC(C2)CC1C3. The van der Waals surface area contributed by atoms with Gasteiger partial charge in [0.1, 0.15) is 0 Å². The summed E-state index contributed by atoms with van der Waals surface area (Å²) in [5.41, 5.74) is 0. The highest BCUT2D eigenvalue weighted by molar-refractivity contribution is 6.73. The van der Waals surface area contributed by atoms with Gasteiger partial charge in [-0.15, -0.1) is 0 Å². The molecule has 0 saturated heterocycles. The molecule has 0 amide bonds. The average molecular weight is 295 g/mol. The summed E-state index contributed by atoms with van der Waals surface area (Å²) in [4.78, 5) is 0. The largest absolute Gasteiger partial charge is 0.414 e. The van der Waals surface area contributed by atoms with E-state index in [1.165, 1.54) is 43.8 Å². The summed E-state index contributed by atoms with van der Waals surface area (Å²) >= 11 is 0. The van der Waals surface area contributed by atoms with Crippen molar-refractivity contribution in [1.29, 1.82) is 0 Å². The van der Waals surface area contributed by atoms with E-state index in [9.17, 15) is 0 Å². The van der Waals surface area contributed by atoms with Crippen LogP contribution in [0.5, 0.6) is 0 Å². The van der Waals surface area contributed by atoms with Gasteiger partial charge in [0.05, 0.1) is 0 Å². The van der Waals surface area contributed by atoms with Crippen LogP contribution in [-0.2, 0) is 4.43 Å². The minimum atomic E-state index is -1.42. The van der Waals surface area contributed by atoms with Crippen molar-refractivity contribution in [2.45, 2.75) is 84.0 Å². The molecule has 0 aliphatic heterocycles. The molecule has 116 valence electrons. The molecule has 0 aromatic rings. The standard InChI is InChI=1S/C18H34OSi/c1-5-20(6-2,7-3)19-13(4)18-16-9-14-8-15(11-16)12-17(18)10-14/h13-18H,5-12H2,1-4H3. The maximum atomic E-state index is 6.85. The topological polar surface area (TPSA) is 9.23 Å². The maximum absolute atomic E-state index is 6.85. The van der Waals surface area contributed by atoms with E-state index in [2.05, 4.69) is 27.7 Å². The van der Waals surface area contributed by atoms with Crippen LogP contribution in [0.3, 0.4) is 0 Å². The summed E-state index contributed by atoms with van der Waals surface area (Å²) in [5, 5.41) is 0. The van der Waals surface area contributed by atoms with Crippen LogP contribution in [0.4, 0.5) is 0 Å². The highest BCUT2D eigenvalue weighted by Crippen LogP contribution is 2.57. The smallest absolute Gasteiger partial charge is 0.192 e. The fraction of sp³-hybridized carbons (Fsp3) is 1.00. The van der Waals surface area contributed by atoms with Crippen molar-refractivity contribution in [3.05, 3.63) is 0 Å². The molecule has 0 spiro atoms. The molecule has 4 rings (SSSR count). The molecule has 4 saturated carbocycles. The molecular formula is C18H34OSi. The maximum Gasteiger partial charge on any atom is 0.192 e. The third kappa shape index (κ3) is 2.52. The number of hydrogen-bond donors (Lipinski definition) is 0. The van der Waals surface area contributed by atoms with Gasteiger partial charge < -0.3 is 4.43 Å². The van der Waals surface area contributed by atoms with Crippen LogP contribution in [0, 0.1) is 29.6 Å². The molecule has 4 aliphatic rings. The Labute approximate surface area is 127 Å². The zero-order chi connectivity index (χ0) is 14.3. The molecule has 4 bridgehead atoms. The van der Waals surface area contributed by atoms with E-state index < -0.39 is 8.32 Å². The lowest BCUT2D eigenvalue weighted by Gasteiger charge is -2.56. The molecular weight excluding hydrogens is 260 g/mol. The van der Waals surface area contributed by atoms with E-state index in [1.807, 2.05) is 0 Å². The van der Waals surface area contributed by atoms with Gasteiger partial charge in [0.2, 0.25) is 0 Å². The van der Waals surface area contributed by atoms with Crippen molar-refractivity contribution in [2.24, 2.45) is 29.6 Å². The fourth-order valence-electron chi connectivity index (χ4n) is 6.21. The molecule has 2 heteroatoms. The van der Waals surface area contributed by atoms with Crippen molar-refractivity contribution < 1.29 is 4.43 Å². The van der Waals surface area contributed by atoms with Crippen molar-refractivity contribution >= 4 is 8.32 Å². The van der Waals surface area contributed by atoms with E-state index >= 15 is 0 Å². The monoisotopic (exact) mass is 294 g/mol. The lowest BCUT2D eigenvalue weighted by molar-refractivity contribution is -0.0797. The van der Waals surface area contributed by atoms with Gasteiger partial charge in [0.25, 0.3) is 0 Å². The summed E-state index contributed by atoms with van der Waals surface area (Å²) in [5.74, 6) is 5.11. The van der Waals surface area contributed by atoms with Crippen LogP contribution in [0.2, 0.25) is 18.1 Å².